The van der Waals surface area contributed by atoms with Crippen molar-refractivity contribution in [2.24, 2.45) is 11.7 Å². The Labute approximate surface area is 103 Å². The summed E-state index contributed by atoms with van der Waals surface area (Å²) >= 11 is 0. The van der Waals surface area contributed by atoms with Gasteiger partial charge in [0.2, 0.25) is 5.91 Å². The van der Waals surface area contributed by atoms with Crippen molar-refractivity contribution in [3.8, 4) is 0 Å². The molecule has 0 bridgehead atoms. The summed E-state index contributed by atoms with van der Waals surface area (Å²) in [4.78, 5) is 11.6. The normalized spacial score (nSPS) is 27.5. The molecule has 1 saturated carbocycles. The zero-order valence-electron chi connectivity index (χ0n) is 10.5. The van der Waals surface area contributed by atoms with Crippen molar-refractivity contribution >= 4 is 15.7 Å². The number of hydrogen-bond donors (Lipinski definition) is 2. The third kappa shape index (κ3) is 4.63. The first-order valence-electron chi connectivity index (χ1n) is 6.03. The Morgan fingerprint density at radius 1 is 1.47 bits per heavy atom. The van der Waals surface area contributed by atoms with E-state index in [0.29, 0.717) is 12.5 Å². The van der Waals surface area contributed by atoms with Crippen molar-refractivity contribution in [2.45, 2.75) is 43.9 Å². The molecule has 1 rings (SSSR count). The maximum atomic E-state index is 11.6. The van der Waals surface area contributed by atoms with Crippen LogP contribution < -0.4 is 11.1 Å². The largest absolute Gasteiger partial charge is 0.355 e. The predicted molar refractivity (Wildman–Crippen MR) is 67.2 cm³/mol. The highest BCUT2D eigenvalue weighted by Crippen LogP contribution is 2.22. The number of nitrogens with two attached hydrogens (primary N) is 1. The predicted octanol–water partition coefficient (Wildman–Crippen LogP) is 0.0532. The number of amides is 1. The summed E-state index contributed by atoms with van der Waals surface area (Å²) in [6.45, 7) is 1.95. The SMILES string of the molecule is CC(C(=O)NCC1CCCC(N)C1)S(C)(=O)=O. The van der Waals surface area contributed by atoms with Crippen molar-refractivity contribution in [3.05, 3.63) is 0 Å². The van der Waals surface area contributed by atoms with Crippen LogP contribution in [0.1, 0.15) is 32.6 Å². The minimum Gasteiger partial charge on any atom is -0.355 e. The van der Waals surface area contributed by atoms with Crippen LogP contribution >= 0.6 is 0 Å². The number of nitrogens with one attached hydrogen (secondary N) is 1. The van der Waals surface area contributed by atoms with E-state index in [0.717, 1.165) is 31.9 Å². The summed E-state index contributed by atoms with van der Waals surface area (Å²) in [5.41, 5.74) is 5.85. The van der Waals surface area contributed by atoms with Gasteiger partial charge in [-0.25, -0.2) is 8.42 Å². The molecule has 0 aromatic heterocycles. The minimum absolute atomic E-state index is 0.220. The van der Waals surface area contributed by atoms with E-state index in [1.54, 1.807) is 0 Å². The Hall–Kier alpha value is -0.620. The second-order valence-electron chi connectivity index (χ2n) is 5.01. The van der Waals surface area contributed by atoms with Gasteiger partial charge in [-0.05, 0) is 32.1 Å². The van der Waals surface area contributed by atoms with E-state index in [2.05, 4.69) is 5.32 Å². The van der Waals surface area contributed by atoms with Crippen molar-refractivity contribution in [1.29, 1.82) is 0 Å². The molecule has 0 aromatic rings. The molecule has 6 heteroatoms. The molecule has 3 N–H and O–H groups in total. The number of sulfone groups is 1. The minimum atomic E-state index is -3.30. The maximum Gasteiger partial charge on any atom is 0.238 e. The third-order valence-corrected chi connectivity index (χ3v) is 4.90. The monoisotopic (exact) mass is 262 g/mol. The number of carbonyl (C=O) groups is 1. The Bertz CT molecular complexity index is 367. The molecule has 3 unspecified atom stereocenters. The molecule has 0 saturated heterocycles. The van der Waals surface area contributed by atoms with Crippen LogP contribution in [0.5, 0.6) is 0 Å². The summed E-state index contributed by atoms with van der Waals surface area (Å²) < 4.78 is 22.4. The standard InChI is InChI=1S/C11H22N2O3S/c1-8(17(2,15)16)11(14)13-7-9-4-3-5-10(12)6-9/h8-10H,3-7,12H2,1-2H3,(H,13,14). The van der Waals surface area contributed by atoms with Crippen LogP contribution in [-0.4, -0.2) is 38.4 Å². The van der Waals surface area contributed by atoms with E-state index in [1.165, 1.54) is 6.92 Å². The van der Waals surface area contributed by atoms with Gasteiger partial charge in [0.05, 0.1) is 0 Å². The lowest BCUT2D eigenvalue weighted by atomic mass is 9.86. The lowest BCUT2D eigenvalue weighted by Gasteiger charge is -2.27. The van der Waals surface area contributed by atoms with E-state index in [1.807, 2.05) is 0 Å². The average Bonchev–Trinajstić information content (AvgIpc) is 2.23. The van der Waals surface area contributed by atoms with Gasteiger partial charge in [-0.15, -0.1) is 0 Å². The maximum absolute atomic E-state index is 11.6. The zero-order valence-corrected chi connectivity index (χ0v) is 11.3. The van der Waals surface area contributed by atoms with E-state index in [4.69, 9.17) is 5.73 Å². The lowest BCUT2D eigenvalue weighted by molar-refractivity contribution is -0.120. The molecule has 0 aliphatic heterocycles. The van der Waals surface area contributed by atoms with Gasteiger partial charge in [0.25, 0.3) is 0 Å². The highest BCUT2D eigenvalue weighted by molar-refractivity contribution is 7.92. The lowest BCUT2D eigenvalue weighted by Crippen LogP contribution is -2.41. The molecule has 17 heavy (non-hydrogen) atoms. The molecule has 0 radical (unpaired) electrons. The Balaban J connectivity index is 2.38. The van der Waals surface area contributed by atoms with E-state index < -0.39 is 21.0 Å². The first-order valence-corrected chi connectivity index (χ1v) is 7.98. The van der Waals surface area contributed by atoms with Gasteiger partial charge in [0.15, 0.2) is 9.84 Å². The van der Waals surface area contributed by atoms with E-state index in [9.17, 15) is 13.2 Å². The molecular weight excluding hydrogens is 240 g/mol. The Morgan fingerprint density at radius 3 is 2.65 bits per heavy atom. The summed E-state index contributed by atoms with van der Waals surface area (Å²) in [7, 11) is -3.30. The summed E-state index contributed by atoms with van der Waals surface area (Å²) in [6.07, 6.45) is 5.18. The van der Waals surface area contributed by atoms with Gasteiger partial charge in [0, 0.05) is 18.8 Å². The molecular formula is C11H22N2O3S. The number of carbonyl (C=O) groups excluding carboxylic acids is 1. The smallest absolute Gasteiger partial charge is 0.238 e. The molecule has 3 atom stereocenters. The van der Waals surface area contributed by atoms with Crippen LogP contribution in [0.4, 0.5) is 0 Å². The van der Waals surface area contributed by atoms with Gasteiger partial charge in [0.1, 0.15) is 5.25 Å². The third-order valence-electron chi connectivity index (χ3n) is 3.40. The summed E-state index contributed by atoms with van der Waals surface area (Å²) in [5.74, 6) is -0.0268. The van der Waals surface area contributed by atoms with Gasteiger partial charge in [-0.1, -0.05) is 6.42 Å². The van der Waals surface area contributed by atoms with Crippen molar-refractivity contribution in [3.63, 3.8) is 0 Å². The summed E-state index contributed by atoms with van der Waals surface area (Å²) in [6, 6.07) is 0.220. The molecule has 100 valence electrons. The van der Waals surface area contributed by atoms with Crippen molar-refractivity contribution in [2.75, 3.05) is 12.8 Å². The number of rotatable bonds is 4. The van der Waals surface area contributed by atoms with E-state index >= 15 is 0 Å². The van der Waals surface area contributed by atoms with Crippen LogP contribution in [0, 0.1) is 5.92 Å². The van der Waals surface area contributed by atoms with Crippen molar-refractivity contribution in [1.82, 2.24) is 5.32 Å². The summed E-state index contributed by atoms with van der Waals surface area (Å²) in [5, 5.41) is 1.73. The molecule has 0 heterocycles. The molecule has 0 spiro atoms. The van der Waals surface area contributed by atoms with Crippen LogP contribution in [0.25, 0.3) is 0 Å². The second-order valence-corrected chi connectivity index (χ2v) is 7.38. The molecule has 1 aliphatic rings. The Kier molecular flexibility index (Phi) is 4.94. The quantitative estimate of drug-likeness (QED) is 0.749. The molecule has 1 fully saturated rings. The molecule has 1 amide bonds. The highest BCUT2D eigenvalue weighted by Gasteiger charge is 2.25. The average molecular weight is 262 g/mol. The van der Waals surface area contributed by atoms with Crippen molar-refractivity contribution < 1.29 is 13.2 Å². The van der Waals surface area contributed by atoms with Gasteiger partial charge in [-0.3, -0.25) is 4.79 Å². The molecule has 1 aliphatic carbocycles. The highest BCUT2D eigenvalue weighted by atomic mass is 32.2. The second kappa shape index (κ2) is 5.82. The fourth-order valence-corrected chi connectivity index (χ4v) is 2.57. The zero-order chi connectivity index (χ0) is 13.1. The first kappa shape index (κ1) is 14.4. The fraction of sp³-hybridized carbons (Fsp3) is 0.909. The first-order chi connectivity index (χ1) is 7.80. The molecule has 0 aromatic carbocycles. The number of hydrogen-bond acceptors (Lipinski definition) is 4. The Morgan fingerprint density at radius 2 is 2.12 bits per heavy atom. The topological polar surface area (TPSA) is 89.3 Å². The fourth-order valence-electron chi connectivity index (χ4n) is 2.10. The van der Waals surface area contributed by atoms with Crippen LogP contribution in [0.2, 0.25) is 0 Å². The van der Waals surface area contributed by atoms with Gasteiger partial charge >= 0.3 is 0 Å². The van der Waals surface area contributed by atoms with Crippen LogP contribution in [0.3, 0.4) is 0 Å². The van der Waals surface area contributed by atoms with Crippen LogP contribution in [0.15, 0.2) is 0 Å². The van der Waals surface area contributed by atoms with E-state index in [-0.39, 0.29) is 6.04 Å². The molecule has 5 nitrogen and oxygen atoms in total. The van der Waals surface area contributed by atoms with Crippen LogP contribution in [-0.2, 0) is 14.6 Å². The van der Waals surface area contributed by atoms with Gasteiger partial charge in [-0.2, -0.15) is 0 Å². The van der Waals surface area contributed by atoms with Gasteiger partial charge < -0.3 is 11.1 Å².